The summed E-state index contributed by atoms with van der Waals surface area (Å²) in [5.41, 5.74) is 4.93. The number of aromatic nitrogens is 4. The van der Waals surface area contributed by atoms with Gasteiger partial charge in [-0.3, -0.25) is 9.48 Å². The van der Waals surface area contributed by atoms with Gasteiger partial charge in [0.05, 0.1) is 28.6 Å². The number of nitrogens with zero attached hydrogens (tertiary/aromatic N) is 4. The van der Waals surface area contributed by atoms with E-state index in [0.717, 1.165) is 17.0 Å². The molecule has 4 rings (SSSR count). The van der Waals surface area contributed by atoms with Crippen molar-refractivity contribution in [2.24, 2.45) is 0 Å². The second kappa shape index (κ2) is 9.68. The number of carbonyl (C=O) groups excluding carboxylic acids is 1. The van der Waals surface area contributed by atoms with Gasteiger partial charge in [-0.2, -0.15) is 10.2 Å². The molecule has 0 bridgehead atoms. The summed E-state index contributed by atoms with van der Waals surface area (Å²) in [7, 11) is 0. The molecule has 0 radical (unpaired) electrons. The van der Waals surface area contributed by atoms with E-state index in [2.05, 4.69) is 46.7 Å². The number of aryl methyl sites for hydroxylation is 2. The highest BCUT2D eigenvalue weighted by atomic mass is 35.5. The zero-order valence-corrected chi connectivity index (χ0v) is 20.0. The summed E-state index contributed by atoms with van der Waals surface area (Å²) >= 11 is 12.0. The maximum Gasteiger partial charge on any atom is 0.276 e. The number of carbonyl (C=O) groups is 1. The van der Waals surface area contributed by atoms with E-state index in [1.807, 2.05) is 18.5 Å². The van der Waals surface area contributed by atoms with Gasteiger partial charge in [0, 0.05) is 11.2 Å². The van der Waals surface area contributed by atoms with Crippen LogP contribution < -0.4 is 10.1 Å². The van der Waals surface area contributed by atoms with Crippen molar-refractivity contribution in [3.8, 4) is 5.75 Å². The smallest absolute Gasteiger partial charge is 0.276 e. The fraction of sp³-hybridized carbons (Fsp3) is 0.208. The first-order chi connectivity index (χ1) is 15.8. The summed E-state index contributed by atoms with van der Waals surface area (Å²) in [4.78, 5) is 12.8. The zero-order valence-electron chi connectivity index (χ0n) is 18.5. The molecule has 1 N–H and O–H groups in total. The van der Waals surface area contributed by atoms with Crippen molar-refractivity contribution >= 4 is 34.8 Å². The summed E-state index contributed by atoms with van der Waals surface area (Å²) in [5, 5.41) is 12.8. The van der Waals surface area contributed by atoms with E-state index in [4.69, 9.17) is 27.9 Å². The van der Waals surface area contributed by atoms with Gasteiger partial charge in [0.2, 0.25) is 0 Å². The Morgan fingerprint density at radius 1 is 1.03 bits per heavy atom. The molecular weight excluding hydrogens is 461 g/mol. The van der Waals surface area contributed by atoms with Crippen LogP contribution in [0.4, 0.5) is 5.69 Å². The highest BCUT2D eigenvalue weighted by Crippen LogP contribution is 2.27. The van der Waals surface area contributed by atoms with E-state index in [0.29, 0.717) is 28.0 Å². The maximum atomic E-state index is 12.8. The normalized spacial score (nSPS) is 10.9. The van der Waals surface area contributed by atoms with Gasteiger partial charge < -0.3 is 10.1 Å². The molecule has 0 unspecified atom stereocenters. The van der Waals surface area contributed by atoms with Crippen molar-refractivity contribution in [1.29, 1.82) is 0 Å². The lowest BCUT2D eigenvalue weighted by Crippen LogP contribution is -2.15. The van der Waals surface area contributed by atoms with Crippen LogP contribution in [0.5, 0.6) is 5.75 Å². The SMILES string of the molecule is Cc1ccc(Cn2nc(C)c(NC(=O)c3ccn(COc4ccc(Cl)cc4Cl)n3)c2C)cc1. The van der Waals surface area contributed by atoms with Gasteiger partial charge in [0.15, 0.2) is 12.4 Å². The molecule has 0 saturated heterocycles. The number of amides is 1. The van der Waals surface area contributed by atoms with Crippen molar-refractivity contribution in [3.05, 3.63) is 93.0 Å². The monoisotopic (exact) mass is 483 g/mol. The van der Waals surface area contributed by atoms with Gasteiger partial charge in [0.25, 0.3) is 5.91 Å². The molecule has 0 aliphatic carbocycles. The Balaban J connectivity index is 1.42. The first-order valence-corrected chi connectivity index (χ1v) is 11.1. The fourth-order valence-corrected chi connectivity index (χ4v) is 3.82. The molecule has 0 spiro atoms. The van der Waals surface area contributed by atoms with Crippen LogP contribution in [-0.4, -0.2) is 25.5 Å². The molecule has 0 atom stereocenters. The first-order valence-electron chi connectivity index (χ1n) is 10.3. The highest BCUT2D eigenvalue weighted by Gasteiger charge is 2.17. The number of anilines is 1. The van der Waals surface area contributed by atoms with Crippen LogP contribution in [0.15, 0.2) is 54.7 Å². The number of rotatable bonds is 7. The molecule has 0 aliphatic rings. The second-order valence-corrected chi connectivity index (χ2v) is 8.58. The topological polar surface area (TPSA) is 74.0 Å². The van der Waals surface area contributed by atoms with E-state index in [-0.39, 0.29) is 18.3 Å². The average molecular weight is 484 g/mol. The Labute approximate surface area is 201 Å². The van der Waals surface area contributed by atoms with E-state index >= 15 is 0 Å². The minimum Gasteiger partial charge on any atom is -0.470 e. The summed E-state index contributed by atoms with van der Waals surface area (Å²) in [6.07, 6.45) is 1.67. The predicted octanol–water partition coefficient (Wildman–Crippen LogP) is 5.65. The highest BCUT2D eigenvalue weighted by molar-refractivity contribution is 6.35. The van der Waals surface area contributed by atoms with Crippen molar-refractivity contribution in [1.82, 2.24) is 19.6 Å². The van der Waals surface area contributed by atoms with Gasteiger partial charge in [-0.15, -0.1) is 0 Å². The molecule has 2 heterocycles. The van der Waals surface area contributed by atoms with E-state index in [1.54, 1.807) is 30.5 Å². The van der Waals surface area contributed by atoms with Crippen LogP contribution in [0.3, 0.4) is 0 Å². The van der Waals surface area contributed by atoms with E-state index in [1.165, 1.54) is 10.2 Å². The van der Waals surface area contributed by atoms with Crippen LogP contribution in [-0.2, 0) is 13.3 Å². The molecule has 9 heteroatoms. The number of ether oxygens (including phenoxy) is 1. The number of hydrogen-bond donors (Lipinski definition) is 1. The molecule has 2 aromatic heterocycles. The standard InChI is InChI=1S/C24H23Cl2N5O2/c1-15-4-6-18(7-5-15)13-31-17(3)23(16(2)28-31)27-24(32)21-10-11-30(29-21)14-33-22-9-8-19(25)12-20(22)26/h4-12H,13-14H2,1-3H3,(H,27,32). The number of benzene rings is 2. The molecular formula is C24H23Cl2N5O2. The predicted molar refractivity (Wildman–Crippen MR) is 129 cm³/mol. The van der Waals surface area contributed by atoms with Crippen LogP contribution in [0.25, 0.3) is 0 Å². The molecule has 0 aliphatic heterocycles. The average Bonchev–Trinajstić information content (AvgIpc) is 3.35. The minimum atomic E-state index is -0.320. The number of nitrogens with one attached hydrogen (secondary N) is 1. The zero-order chi connectivity index (χ0) is 23.5. The molecule has 0 saturated carbocycles. The van der Waals surface area contributed by atoms with Gasteiger partial charge in [-0.05, 0) is 50.6 Å². The Bertz CT molecular complexity index is 1290. The number of hydrogen-bond acceptors (Lipinski definition) is 4. The lowest BCUT2D eigenvalue weighted by molar-refractivity contribution is 0.102. The summed E-state index contributed by atoms with van der Waals surface area (Å²) in [5.74, 6) is 0.161. The molecule has 2 aromatic carbocycles. The number of halogens is 2. The van der Waals surface area contributed by atoms with Crippen LogP contribution in [0, 0.1) is 20.8 Å². The molecule has 4 aromatic rings. The molecule has 7 nitrogen and oxygen atoms in total. The van der Waals surface area contributed by atoms with Gasteiger partial charge >= 0.3 is 0 Å². The summed E-state index contributed by atoms with van der Waals surface area (Å²) in [6.45, 7) is 6.59. The minimum absolute atomic E-state index is 0.0984. The molecule has 33 heavy (non-hydrogen) atoms. The van der Waals surface area contributed by atoms with Crippen molar-refractivity contribution in [2.75, 3.05) is 5.32 Å². The summed E-state index contributed by atoms with van der Waals surface area (Å²) < 4.78 is 9.06. The molecule has 170 valence electrons. The largest absolute Gasteiger partial charge is 0.470 e. The fourth-order valence-electron chi connectivity index (χ4n) is 3.36. The van der Waals surface area contributed by atoms with E-state index in [9.17, 15) is 4.79 Å². The van der Waals surface area contributed by atoms with Crippen LogP contribution in [0.2, 0.25) is 10.0 Å². The Hall–Kier alpha value is -3.29. The van der Waals surface area contributed by atoms with Gasteiger partial charge in [-0.1, -0.05) is 53.0 Å². The maximum absolute atomic E-state index is 12.8. The molecule has 1 amide bonds. The quantitative estimate of drug-likeness (QED) is 0.368. The van der Waals surface area contributed by atoms with Crippen molar-refractivity contribution < 1.29 is 9.53 Å². The van der Waals surface area contributed by atoms with Crippen LogP contribution in [0.1, 0.15) is 33.0 Å². The lowest BCUT2D eigenvalue weighted by atomic mass is 10.1. The van der Waals surface area contributed by atoms with E-state index < -0.39 is 0 Å². The van der Waals surface area contributed by atoms with Gasteiger partial charge in [0.1, 0.15) is 5.75 Å². The Kier molecular flexibility index (Phi) is 6.72. The van der Waals surface area contributed by atoms with Gasteiger partial charge in [-0.25, -0.2) is 4.68 Å². The van der Waals surface area contributed by atoms with Crippen LogP contribution >= 0.6 is 23.2 Å². The molecule has 0 fully saturated rings. The lowest BCUT2D eigenvalue weighted by Gasteiger charge is -2.08. The third-order valence-corrected chi connectivity index (χ3v) is 5.72. The first kappa shape index (κ1) is 22.9. The summed E-state index contributed by atoms with van der Waals surface area (Å²) in [6, 6.07) is 14.9. The van der Waals surface area contributed by atoms with Crippen molar-refractivity contribution in [3.63, 3.8) is 0 Å². The third-order valence-electron chi connectivity index (χ3n) is 5.19. The Morgan fingerprint density at radius 2 is 1.79 bits per heavy atom. The Morgan fingerprint density at radius 3 is 2.52 bits per heavy atom. The third kappa shape index (κ3) is 5.38. The van der Waals surface area contributed by atoms with Crippen molar-refractivity contribution in [2.45, 2.75) is 34.0 Å². The second-order valence-electron chi connectivity index (χ2n) is 7.73.